The van der Waals surface area contributed by atoms with E-state index in [-0.39, 0.29) is 19.8 Å². The van der Waals surface area contributed by atoms with Crippen LogP contribution in [0.4, 0.5) is 0 Å². The maximum atomic E-state index is 9.09. The molecule has 1 aliphatic rings. The Morgan fingerprint density at radius 2 is 2.00 bits per heavy atom. The molecule has 0 amide bonds. The zero-order chi connectivity index (χ0) is 8.27. The second-order valence-electron chi connectivity index (χ2n) is 2.37. The molecule has 1 rings (SSSR count). The first kappa shape index (κ1) is 8.89. The van der Waals surface area contributed by atoms with Gasteiger partial charge >= 0.3 is 0 Å². The fraction of sp³-hybridized carbons (Fsp3) is 1.00. The molecule has 3 unspecified atom stereocenters. The Balaban J connectivity index is 2.37. The molecular weight excluding hydrogens is 152 g/mol. The molecule has 11 heavy (non-hydrogen) atoms. The first-order valence-electron chi connectivity index (χ1n) is 3.44. The Kier molecular flexibility index (Phi) is 3.22. The van der Waals surface area contributed by atoms with Crippen LogP contribution >= 0.6 is 0 Å². The lowest BCUT2D eigenvalue weighted by molar-refractivity contribution is -0.267. The SMILES string of the molecule is OCC1OCC(O)C(CO)O1. The molecule has 3 atom stereocenters. The third-order valence-electron chi connectivity index (χ3n) is 1.54. The van der Waals surface area contributed by atoms with Crippen molar-refractivity contribution >= 4 is 0 Å². The topological polar surface area (TPSA) is 79.2 Å². The van der Waals surface area contributed by atoms with Crippen molar-refractivity contribution in [2.45, 2.75) is 18.5 Å². The summed E-state index contributed by atoms with van der Waals surface area (Å²) in [5.41, 5.74) is 0. The highest BCUT2D eigenvalue weighted by Crippen LogP contribution is 2.11. The molecule has 1 heterocycles. The lowest BCUT2D eigenvalue weighted by Gasteiger charge is -2.31. The molecule has 1 saturated heterocycles. The first-order valence-corrected chi connectivity index (χ1v) is 3.44. The molecule has 0 spiro atoms. The van der Waals surface area contributed by atoms with Gasteiger partial charge in [0.25, 0.3) is 0 Å². The summed E-state index contributed by atoms with van der Waals surface area (Å²) in [5, 5.41) is 26.3. The van der Waals surface area contributed by atoms with Crippen molar-refractivity contribution in [3.63, 3.8) is 0 Å². The van der Waals surface area contributed by atoms with Crippen molar-refractivity contribution in [2.24, 2.45) is 0 Å². The van der Waals surface area contributed by atoms with Crippen LogP contribution in [0, 0.1) is 0 Å². The molecule has 66 valence electrons. The summed E-state index contributed by atoms with van der Waals surface area (Å²) in [6.45, 7) is -0.430. The number of aliphatic hydroxyl groups is 3. The quantitative estimate of drug-likeness (QED) is 0.443. The van der Waals surface area contributed by atoms with E-state index < -0.39 is 18.5 Å². The minimum Gasteiger partial charge on any atom is -0.394 e. The van der Waals surface area contributed by atoms with Crippen LogP contribution in [0.25, 0.3) is 0 Å². The van der Waals surface area contributed by atoms with Gasteiger partial charge in [0.15, 0.2) is 6.29 Å². The molecular formula is C6H12O5. The smallest absolute Gasteiger partial charge is 0.181 e. The first-order chi connectivity index (χ1) is 5.27. The van der Waals surface area contributed by atoms with Gasteiger partial charge in [0.2, 0.25) is 0 Å². The van der Waals surface area contributed by atoms with E-state index in [2.05, 4.69) is 0 Å². The van der Waals surface area contributed by atoms with Crippen LogP contribution in [0.5, 0.6) is 0 Å². The van der Waals surface area contributed by atoms with Gasteiger partial charge < -0.3 is 24.8 Å². The molecule has 5 nitrogen and oxygen atoms in total. The summed E-state index contributed by atoms with van der Waals surface area (Å²) in [6, 6.07) is 0. The van der Waals surface area contributed by atoms with E-state index in [1.807, 2.05) is 0 Å². The molecule has 0 bridgehead atoms. The van der Waals surface area contributed by atoms with Crippen LogP contribution in [0.2, 0.25) is 0 Å². The van der Waals surface area contributed by atoms with Gasteiger partial charge in [0, 0.05) is 0 Å². The van der Waals surface area contributed by atoms with Crippen LogP contribution in [0.15, 0.2) is 0 Å². The molecule has 5 heteroatoms. The number of aliphatic hydroxyl groups excluding tert-OH is 3. The summed E-state index contributed by atoms with van der Waals surface area (Å²) in [7, 11) is 0. The summed E-state index contributed by atoms with van der Waals surface area (Å²) in [4.78, 5) is 0. The third kappa shape index (κ3) is 2.11. The Morgan fingerprint density at radius 3 is 2.55 bits per heavy atom. The Morgan fingerprint density at radius 1 is 1.27 bits per heavy atom. The van der Waals surface area contributed by atoms with Crippen molar-refractivity contribution in [1.82, 2.24) is 0 Å². The highest BCUT2D eigenvalue weighted by molar-refractivity contribution is 4.72. The van der Waals surface area contributed by atoms with Gasteiger partial charge in [-0.1, -0.05) is 0 Å². The summed E-state index contributed by atoms with van der Waals surface area (Å²) < 4.78 is 9.76. The highest BCUT2D eigenvalue weighted by Gasteiger charge is 2.29. The van der Waals surface area contributed by atoms with Crippen LogP contribution in [-0.4, -0.2) is 53.6 Å². The zero-order valence-corrected chi connectivity index (χ0v) is 6.01. The van der Waals surface area contributed by atoms with Gasteiger partial charge in [0.1, 0.15) is 12.2 Å². The maximum Gasteiger partial charge on any atom is 0.181 e. The second kappa shape index (κ2) is 3.99. The third-order valence-corrected chi connectivity index (χ3v) is 1.54. The van der Waals surface area contributed by atoms with Gasteiger partial charge in [-0.25, -0.2) is 0 Å². The Labute approximate surface area is 64.2 Å². The fourth-order valence-corrected chi connectivity index (χ4v) is 0.899. The van der Waals surface area contributed by atoms with E-state index in [1.54, 1.807) is 0 Å². The number of hydrogen-bond donors (Lipinski definition) is 3. The van der Waals surface area contributed by atoms with E-state index in [0.717, 1.165) is 0 Å². The van der Waals surface area contributed by atoms with Crippen molar-refractivity contribution in [3.8, 4) is 0 Å². The van der Waals surface area contributed by atoms with Crippen molar-refractivity contribution in [3.05, 3.63) is 0 Å². The van der Waals surface area contributed by atoms with Crippen molar-refractivity contribution in [2.75, 3.05) is 19.8 Å². The summed E-state index contributed by atoms with van der Waals surface area (Å²) >= 11 is 0. The maximum absolute atomic E-state index is 9.09. The van der Waals surface area contributed by atoms with E-state index in [9.17, 15) is 0 Å². The molecule has 0 radical (unpaired) electrons. The molecule has 0 aromatic heterocycles. The van der Waals surface area contributed by atoms with Crippen molar-refractivity contribution < 1.29 is 24.8 Å². The number of rotatable bonds is 2. The normalized spacial score (nSPS) is 39.0. The fourth-order valence-electron chi connectivity index (χ4n) is 0.899. The molecule has 1 aliphatic heterocycles. The second-order valence-corrected chi connectivity index (χ2v) is 2.37. The van der Waals surface area contributed by atoms with E-state index in [0.29, 0.717) is 0 Å². The minimum absolute atomic E-state index is 0.0937. The average Bonchev–Trinajstić information content (AvgIpc) is 2.05. The standard InChI is InChI=1S/C6H12O5/c7-1-5-4(9)3-10-6(2-8)11-5/h4-9H,1-3H2. The van der Waals surface area contributed by atoms with Gasteiger partial charge in [-0.3, -0.25) is 0 Å². The van der Waals surface area contributed by atoms with Gasteiger partial charge in [-0.05, 0) is 0 Å². The predicted octanol–water partition coefficient (Wildman–Crippen LogP) is -1.93. The van der Waals surface area contributed by atoms with E-state index >= 15 is 0 Å². The molecule has 0 saturated carbocycles. The van der Waals surface area contributed by atoms with E-state index in [1.165, 1.54) is 0 Å². The van der Waals surface area contributed by atoms with Gasteiger partial charge in [0.05, 0.1) is 19.8 Å². The van der Waals surface area contributed by atoms with Crippen LogP contribution < -0.4 is 0 Å². The molecule has 3 N–H and O–H groups in total. The van der Waals surface area contributed by atoms with Gasteiger partial charge in [-0.15, -0.1) is 0 Å². The zero-order valence-electron chi connectivity index (χ0n) is 6.01. The molecule has 0 aliphatic carbocycles. The van der Waals surface area contributed by atoms with Crippen molar-refractivity contribution in [1.29, 1.82) is 0 Å². The van der Waals surface area contributed by atoms with E-state index in [4.69, 9.17) is 24.8 Å². The monoisotopic (exact) mass is 164 g/mol. The van der Waals surface area contributed by atoms with Crippen LogP contribution in [0.3, 0.4) is 0 Å². The number of hydrogen-bond acceptors (Lipinski definition) is 5. The Bertz CT molecular complexity index is 118. The lowest BCUT2D eigenvalue weighted by Crippen LogP contribution is -2.46. The van der Waals surface area contributed by atoms with Gasteiger partial charge in [-0.2, -0.15) is 0 Å². The van der Waals surface area contributed by atoms with Crippen LogP contribution in [-0.2, 0) is 9.47 Å². The summed E-state index contributed by atoms with van der Waals surface area (Å²) in [6.07, 6.45) is -2.15. The largest absolute Gasteiger partial charge is 0.394 e. The number of ether oxygens (including phenoxy) is 2. The predicted molar refractivity (Wildman–Crippen MR) is 34.8 cm³/mol. The lowest BCUT2D eigenvalue weighted by atomic mass is 10.2. The molecule has 0 aromatic carbocycles. The van der Waals surface area contributed by atoms with Crippen LogP contribution in [0.1, 0.15) is 0 Å². The minimum atomic E-state index is -0.803. The Hall–Kier alpha value is -0.200. The average molecular weight is 164 g/mol. The molecule has 0 aromatic rings. The molecule has 1 fully saturated rings. The summed E-state index contributed by atoms with van der Waals surface area (Å²) in [5.74, 6) is 0. The highest BCUT2D eigenvalue weighted by atomic mass is 16.7.